The van der Waals surface area contributed by atoms with Crippen LogP contribution in [-0.4, -0.2) is 40.3 Å². The van der Waals surface area contributed by atoms with Gasteiger partial charge in [0.1, 0.15) is 0 Å². The van der Waals surface area contributed by atoms with Gasteiger partial charge in [0.15, 0.2) is 0 Å². The number of hydrogen-bond donors (Lipinski definition) is 2. The molecule has 110 valence electrons. The summed E-state index contributed by atoms with van der Waals surface area (Å²) in [6.07, 6.45) is 5.13. The van der Waals surface area contributed by atoms with Crippen LogP contribution in [0.25, 0.3) is 0 Å². The average molecular weight is 288 g/mol. The van der Waals surface area contributed by atoms with Crippen molar-refractivity contribution < 1.29 is 14.7 Å². The van der Waals surface area contributed by atoms with Gasteiger partial charge >= 0.3 is 12.0 Å². The average Bonchev–Trinajstić information content (AvgIpc) is 2.99. The second kappa shape index (κ2) is 6.56. The number of carbonyl (C=O) groups excluding carboxylic acids is 1. The molecule has 1 aromatic heterocycles. The molecule has 0 fully saturated rings. The molecule has 2 aromatic rings. The highest BCUT2D eigenvalue weighted by Gasteiger charge is 2.17. The molecule has 0 saturated carbocycles. The second-order valence-corrected chi connectivity index (χ2v) is 4.41. The van der Waals surface area contributed by atoms with Crippen LogP contribution in [0.3, 0.4) is 0 Å². The van der Waals surface area contributed by atoms with Crippen molar-refractivity contribution in [3.05, 3.63) is 48.5 Å². The number of carboxylic acids is 1. The molecule has 0 spiro atoms. The van der Waals surface area contributed by atoms with Gasteiger partial charge in [-0.2, -0.15) is 0 Å². The highest BCUT2D eigenvalue weighted by molar-refractivity contribution is 6.01. The van der Waals surface area contributed by atoms with Gasteiger partial charge in [-0.25, -0.2) is 14.6 Å². The van der Waals surface area contributed by atoms with Gasteiger partial charge < -0.3 is 15.0 Å². The highest BCUT2D eigenvalue weighted by atomic mass is 16.4. The quantitative estimate of drug-likeness (QED) is 0.871. The lowest BCUT2D eigenvalue weighted by Gasteiger charge is -2.19. The molecule has 2 amide bonds. The Kier molecular flexibility index (Phi) is 4.55. The predicted molar refractivity (Wildman–Crippen MR) is 77.4 cm³/mol. The molecule has 2 N–H and O–H groups in total. The Hall–Kier alpha value is -2.83. The Bertz CT molecular complexity index is 625. The molecule has 2 rings (SSSR count). The first-order valence-corrected chi connectivity index (χ1v) is 6.39. The van der Waals surface area contributed by atoms with Crippen LogP contribution in [0.4, 0.5) is 10.5 Å². The van der Waals surface area contributed by atoms with E-state index in [9.17, 15) is 9.59 Å². The number of imidazole rings is 1. The third kappa shape index (κ3) is 3.59. The van der Waals surface area contributed by atoms with E-state index in [-0.39, 0.29) is 11.6 Å². The largest absolute Gasteiger partial charge is 0.478 e. The molecule has 7 heteroatoms. The van der Waals surface area contributed by atoms with E-state index in [1.807, 2.05) is 4.57 Å². The van der Waals surface area contributed by atoms with Crippen molar-refractivity contribution in [2.75, 3.05) is 18.5 Å². The van der Waals surface area contributed by atoms with Crippen molar-refractivity contribution in [1.82, 2.24) is 14.9 Å². The lowest BCUT2D eigenvalue weighted by molar-refractivity contribution is 0.0697. The molecule has 1 aromatic carbocycles. The zero-order chi connectivity index (χ0) is 15.2. The molecular weight excluding hydrogens is 272 g/mol. The summed E-state index contributed by atoms with van der Waals surface area (Å²) < 4.78 is 1.84. The summed E-state index contributed by atoms with van der Waals surface area (Å²) in [6, 6.07) is 6.02. The molecular formula is C14H16N4O3. The van der Waals surface area contributed by atoms with E-state index < -0.39 is 5.97 Å². The van der Waals surface area contributed by atoms with E-state index in [1.54, 1.807) is 36.9 Å². The van der Waals surface area contributed by atoms with Gasteiger partial charge in [0.2, 0.25) is 0 Å². The first kappa shape index (κ1) is 14.6. The molecule has 1 heterocycles. The van der Waals surface area contributed by atoms with Crippen LogP contribution in [0.15, 0.2) is 43.0 Å². The lowest BCUT2D eigenvalue weighted by Crippen LogP contribution is -2.39. The van der Waals surface area contributed by atoms with Crippen LogP contribution in [-0.2, 0) is 6.54 Å². The second-order valence-electron chi connectivity index (χ2n) is 4.41. The van der Waals surface area contributed by atoms with Crippen molar-refractivity contribution in [3.63, 3.8) is 0 Å². The number of aromatic nitrogens is 2. The number of rotatable bonds is 5. The summed E-state index contributed by atoms with van der Waals surface area (Å²) in [5.41, 5.74) is 0.440. The van der Waals surface area contributed by atoms with E-state index in [1.165, 1.54) is 18.0 Å². The van der Waals surface area contributed by atoms with Crippen LogP contribution in [0.2, 0.25) is 0 Å². The van der Waals surface area contributed by atoms with Gasteiger partial charge in [0, 0.05) is 32.5 Å². The minimum absolute atomic E-state index is 0.0877. The van der Waals surface area contributed by atoms with Crippen molar-refractivity contribution in [3.8, 4) is 0 Å². The smallest absolute Gasteiger partial charge is 0.337 e. The summed E-state index contributed by atoms with van der Waals surface area (Å²) in [5, 5.41) is 11.9. The van der Waals surface area contributed by atoms with Gasteiger partial charge in [-0.3, -0.25) is 4.90 Å². The topological polar surface area (TPSA) is 87.5 Å². The SMILES string of the molecule is CN(C(=O)NCCn1ccnc1)c1ccccc1C(=O)O. The summed E-state index contributed by atoms with van der Waals surface area (Å²) in [5.74, 6) is -1.07. The van der Waals surface area contributed by atoms with Crippen LogP contribution < -0.4 is 10.2 Å². The number of para-hydroxylation sites is 1. The molecule has 21 heavy (non-hydrogen) atoms. The third-order valence-electron chi connectivity index (χ3n) is 3.01. The first-order valence-electron chi connectivity index (χ1n) is 6.39. The van der Waals surface area contributed by atoms with Crippen LogP contribution in [0, 0.1) is 0 Å². The number of urea groups is 1. The van der Waals surface area contributed by atoms with E-state index in [0.717, 1.165) is 0 Å². The van der Waals surface area contributed by atoms with E-state index in [0.29, 0.717) is 18.8 Å². The van der Waals surface area contributed by atoms with Crippen LogP contribution in [0.1, 0.15) is 10.4 Å². The van der Waals surface area contributed by atoms with Crippen molar-refractivity contribution in [2.24, 2.45) is 0 Å². The number of carbonyl (C=O) groups is 2. The Balaban J connectivity index is 1.97. The molecule has 0 atom stereocenters. The molecule has 0 aliphatic rings. The Labute approximate surface area is 121 Å². The van der Waals surface area contributed by atoms with E-state index in [2.05, 4.69) is 10.3 Å². The van der Waals surface area contributed by atoms with Gasteiger partial charge in [-0.05, 0) is 12.1 Å². The normalized spacial score (nSPS) is 10.1. The summed E-state index contributed by atoms with van der Waals surface area (Å²) >= 11 is 0. The molecule has 0 radical (unpaired) electrons. The number of aromatic carboxylic acids is 1. The predicted octanol–water partition coefficient (Wildman–Crippen LogP) is 1.43. The van der Waals surface area contributed by atoms with E-state index >= 15 is 0 Å². The molecule has 0 aliphatic carbocycles. The standard InChI is InChI=1S/C14H16N4O3/c1-17(12-5-3-2-4-11(12)13(19)20)14(21)16-7-9-18-8-6-15-10-18/h2-6,8,10H,7,9H2,1H3,(H,16,21)(H,19,20). The highest BCUT2D eigenvalue weighted by Crippen LogP contribution is 2.18. The molecule has 0 bridgehead atoms. The van der Waals surface area contributed by atoms with Gasteiger partial charge in [-0.15, -0.1) is 0 Å². The number of nitrogens with one attached hydrogen (secondary N) is 1. The Morgan fingerprint density at radius 2 is 2.14 bits per heavy atom. The number of nitrogens with zero attached hydrogens (tertiary/aromatic N) is 3. The fourth-order valence-corrected chi connectivity index (χ4v) is 1.89. The van der Waals surface area contributed by atoms with Crippen LogP contribution in [0.5, 0.6) is 0 Å². The molecule has 7 nitrogen and oxygen atoms in total. The summed E-state index contributed by atoms with van der Waals surface area (Å²) in [7, 11) is 1.54. The Morgan fingerprint density at radius 1 is 1.38 bits per heavy atom. The number of benzene rings is 1. The third-order valence-corrected chi connectivity index (χ3v) is 3.01. The number of anilines is 1. The number of carboxylic acid groups (broad SMARTS) is 1. The number of amides is 2. The van der Waals surface area contributed by atoms with Gasteiger partial charge in [-0.1, -0.05) is 12.1 Å². The van der Waals surface area contributed by atoms with Crippen molar-refractivity contribution >= 4 is 17.7 Å². The van der Waals surface area contributed by atoms with Crippen molar-refractivity contribution in [2.45, 2.75) is 6.54 Å². The summed E-state index contributed by atoms with van der Waals surface area (Å²) in [6.45, 7) is 1.02. The minimum Gasteiger partial charge on any atom is -0.478 e. The van der Waals surface area contributed by atoms with Gasteiger partial charge in [0.25, 0.3) is 0 Å². The first-order chi connectivity index (χ1) is 10.1. The number of hydrogen-bond acceptors (Lipinski definition) is 3. The molecule has 0 saturated heterocycles. The van der Waals surface area contributed by atoms with Gasteiger partial charge in [0.05, 0.1) is 17.6 Å². The van der Waals surface area contributed by atoms with Crippen molar-refractivity contribution in [1.29, 1.82) is 0 Å². The van der Waals surface area contributed by atoms with Crippen LogP contribution >= 0.6 is 0 Å². The molecule has 0 unspecified atom stereocenters. The Morgan fingerprint density at radius 3 is 2.81 bits per heavy atom. The maximum absolute atomic E-state index is 12.0. The van der Waals surface area contributed by atoms with E-state index in [4.69, 9.17) is 5.11 Å². The monoisotopic (exact) mass is 288 g/mol. The minimum atomic E-state index is -1.07. The lowest BCUT2D eigenvalue weighted by atomic mass is 10.1. The maximum Gasteiger partial charge on any atom is 0.337 e. The zero-order valence-electron chi connectivity index (χ0n) is 11.6. The fraction of sp³-hybridized carbons (Fsp3) is 0.214. The zero-order valence-corrected chi connectivity index (χ0v) is 11.6. The maximum atomic E-state index is 12.0. The summed E-state index contributed by atoms with van der Waals surface area (Å²) in [4.78, 5) is 28.4. The molecule has 0 aliphatic heterocycles. The fourth-order valence-electron chi connectivity index (χ4n) is 1.89.